The maximum atomic E-state index is 12.6. The fourth-order valence-electron chi connectivity index (χ4n) is 2.31. The predicted octanol–water partition coefficient (Wildman–Crippen LogP) is 2.23. The summed E-state index contributed by atoms with van der Waals surface area (Å²) in [6.45, 7) is 1.79. The van der Waals surface area contributed by atoms with Crippen LogP contribution >= 0.6 is 0 Å². The van der Waals surface area contributed by atoms with Gasteiger partial charge < -0.3 is 5.11 Å². The number of hydrogen-bond donors (Lipinski definition) is 2. The van der Waals surface area contributed by atoms with Crippen molar-refractivity contribution in [1.82, 2.24) is 14.8 Å². The average molecular weight is 295 g/mol. The lowest BCUT2D eigenvalue weighted by Gasteiger charge is -1.99. The normalized spacial score (nSPS) is 10.6. The van der Waals surface area contributed by atoms with Gasteiger partial charge in [-0.2, -0.15) is 0 Å². The van der Waals surface area contributed by atoms with Crippen molar-refractivity contribution in [3.63, 3.8) is 0 Å². The first-order valence-corrected chi connectivity index (χ1v) is 6.64. The Morgan fingerprint density at radius 1 is 1.18 bits per heavy atom. The van der Waals surface area contributed by atoms with Crippen molar-refractivity contribution >= 4 is 5.97 Å². The first-order valence-electron chi connectivity index (χ1n) is 6.64. The van der Waals surface area contributed by atoms with E-state index in [4.69, 9.17) is 5.11 Å². The number of nitrogens with zero attached hydrogens (tertiary/aromatic N) is 2. The fourth-order valence-corrected chi connectivity index (χ4v) is 2.31. The zero-order valence-corrected chi connectivity index (χ0v) is 11.8. The van der Waals surface area contributed by atoms with E-state index >= 15 is 0 Å². The summed E-state index contributed by atoms with van der Waals surface area (Å²) >= 11 is 0. The van der Waals surface area contributed by atoms with Gasteiger partial charge in [-0.15, -0.1) is 0 Å². The maximum Gasteiger partial charge on any atom is 0.335 e. The molecule has 0 bridgehead atoms. The van der Waals surface area contributed by atoms with E-state index < -0.39 is 5.97 Å². The number of H-pyrrole nitrogens is 1. The molecule has 0 spiro atoms. The number of aromatic nitrogens is 3. The van der Waals surface area contributed by atoms with Crippen molar-refractivity contribution in [2.45, 2.75) is 6.92 Å². The highest BCUT2D eigenvalue weighted by Crippen LogP contribution is 2.20. The largest absolute Gasteiger partial charge is 0.478 e. The molecule has 1 aromatic carbocycles. The Morgan fingerprint density at radius 2 is 1.91 bits per heavy atom. The van der Waals surface area contributed by atoms with Crippen molar-refractivity contribution < 1.29 is 9.90 Å². The minimum absolute atomic E-state index is 0.182. The number of carboxylic acids is 1. The standard InChI is InChI=1S/C16H13N3O3/c1-10-14(11-5-7-12(8-6-11)16(21)22)15(20)19(18-10)13-4-2-3-9-17-13/h2-9,18H,1H3,(H,21,22). The summed E-state index contributed by atoms with van der Waals surface area (Å²) in [5, 5.41) is 11.9. The molecule has 2 N–H and O–H groups in total. The van der Waals surface area contributed by atoms with Crippen LogP contribution < -0.4 is 5.56 Å². The Bertz CT molecular complexity index is 877. The molecular formula is C16H13N3O3. The highest BCUT2D eigenvalue weighted by atomic mass is 16.4. The third-order valence-corrected chi connectivity index (χ3v) is 3.37. The van der Waals surface area contributed by atoms with Crippen LogP contribution in [0.3, 0.4) is 0 Å². The van der Waals surface area contributed by atoms with Crippen LogP contribution in [-0.2, 0) is 0 Å². The van der Waals surface area contributed by atoms with Gasteiger partial charge in [0.1, 0.15) is 0 Å². The van der Waals surface area contributed by atoms with Gasteiger partial charge in [0.05, 0.1) is 11.1 Å². The second-order valence-corrected chi connectivity index (χ2v) is 4.82. The Hall–Kier alpha value is -3.15. The van der Waals surface area contributed by atoms with E-state index in [1.807, 2.05) is 0 Å². The van der Waals surface area contributed by atoms with Crippen molar-refractivity contribution in [1.29, 1.82) is 0 Å². The number of nitrogens with one attached hydrogen (secondary N) is 1. The minimum Gasteiger partial charge on any atom is -0.478 e. The summed E-state index contributed by atoms with van der Waals surface area (Å²) < 4.78 is 1.37. The van der Waals surface area contributed by atoms with E-state index in [-0.39, 0.29) is 11.1 Å². The summed E-state index contributed by atoms with van der Waals surface area (Å²) in [6.07, 6.45) is 1.61. The highest BCUT2D eigenvalue weighted by Gasteiger charge is 2.15. The second kappa shape index (κ2) is 5.33. The molecule has 0 radical (unpaired) electrons. The van der Waals surface area contributed by atoms with E-state index in [1.54, 1.807) is 43.5 Å². The molecule has 0 aliphatic rings. The molecule has 0 aliphatic heterocycles. The number of aromatic amines is 1. The number of hydrogen-bond acceptors (Lipinski definition) is 3. The van der Waals surface area contributed by atoms with E-state index in [9.17, 15) is 9.59 Å². The van der Waals surface area contributed by atoms with Gasteiger partial charge in [0.2, 0.25) is 0 Å². The summed E-state index contributed by atoms with van der Waals surface area (Å²) in [4.78, 5) is 27.6. The molecule has 0 aliphatic carbocycles. The molecule has 6 nitrogen and oxygen atoms in total. The van der Waals surface area contributed by atoms with Crippen LogP contribution in [0.15, 0.2) is 53.5 Å². The lowest BCUT2D eigenvalue weighted by Crippen LogP contribution is -2.16. The zero-order chi connectivity index (χ0) is 15.7. The number of aromatic carboxylic acids is 1. The molecule has 2 aromatic heterocycles. The monoisotopic (exact) mass is 295 g/mol. The molecule has 6 heteroatoms. The molecule has 0 atom stereocenters. The van der Waals surface area contributed by atoms with E-state index in [0.717, 1.165) is 0 Å². The van der Waals surface area contributed by atoms with Gasteiger partial charge in [-0.1, -0.05) is 18.2 Å². The van der Waals surface area contributed by atoms with Crippen molar-refractivity contribution in [3.05, 3.63) is 70.3 Å². The Labute approximate surface area is 125 Å². The van der Waals surface area contributed by atoms with Gasteiger partial charge in [-0.25, -0.2) is 14.5 Å². The predicted molar refractivity (Wildman–Crippen MR) is 81.3 cm³/mol. The second-order valence-electron chi connectivity index (χ2n) is 4.82. The first-order chi connectivity index (χ1) is 10.6. The first kappa shape index (κ1) is 13.8. The molecule has 0 fully saturated rings. The quantitative estimate of drug-likeness (QED) is 0.775. The van der Waals surface area contributed by atoms with Gasteiger partial charge in [0, 0.05) is 11.9 Å². The Kier molecular flexibility index (Phi) is 3.34. The molecule has 22 heavy (non-hydrogen) atoms. The maximum absolute atomic E-state index is 12.6. The smallest absolute Gasteiger partial charge is 0.335 e. The molecule has 3 rings (SSSR count). The molecule has 3 aromatic rings. The van der Waals surface area contributed by atoms with Crippen LogP contribution in [0.2, 0.25) is 0 Å². The van der Waals surface area contributed by atoms with E-state index in [1.165, 1.54) is 16.8 Å². The van der Waals surface area contributed by atoms with Crippen molar-refractivity contribution in [3.8, 4) is 16.9 Å². The Morgan fingerprint density at radius 3 is 2.50 bits per heavy atom. The summed E-state index contributed by atoms with van der Waals surface area (Å²) in [5.74, 6) is -0.493. The summed E-state index contributed by atoms with van der Waals surface area (Å²) in [7, 11) is 0. The Balaban J connectivity index is 2.11. The fraction of sp³-hybridized carbons (Fsp3) is 0.0625. The topological polar surface area (TPSA) is 88.0 Å². The van der Waals surface area contributed by atoms with Crippen LogP contribution in [0.1, 0.15) is 16.1 Å². The molecule has 0 saturated heterocycles. The number of carboxylic acid groups (broad SMARTS) is 1. The summed E-state index contributed by atoms with van der Waals surface area (Å²) in [6, 6.07) is 11.5. The molecule has 0 saturated carbocycles. The van der Waals surface area contributed by atoms with Crippen molar-refractivity contribution in [2.24, 2.45) is 0 Å². The van der Waals surface area contributed by atoms with Crippen LogP contribution in [-0.4, -0.2) is 25.8 Å². The van der Waals surface area contributed by atoms with E-state index in [0.29, 0.717) is 22.6 Å². The third kappa shape index (κ3) is 2.31. The van der Waals surface area contributed by atoms with Gasteiger partial charge in [-0.3, -0.25) is 9.89 Å². The molecule has 110 valence electrons. The average Bonchev–Trinajstić information content (AvgIpc) is 2.83. The van der Waals surface area contributed by atoms with Gasteiger partial charge in [0.15, 0.2) is 5.82 Å². The number of aryl methyl sites for hydroxylation is 1. The van der Waals surface area contributed by atoms with Crippen LogP contribution in [0.5, 0.6) is 0 Å². The molecular weight excluding hydrogens is 282 g/mol. The minimum atomic E-state index is -0.997. The number of pyridine rings is 1. The van der Waals surface area contributed by atoms with Crippen LogP contribution in [0, 0.1) is 6.92 Å². The number of rotatable bonds is 3. The van der Waals surface area contributed by atoms with Gasteiger partial charge >= 0.3 is 5.97 Å². The molecule has 0 amide bonds. The highest BCUT2D eigenvalue weighted by molar-refractivity contribution is 5.88. The summed E-state index contributed by atoms with van der Waals surface area (Å²) in [5.41, 5.74) is 1.82. The number of benzene rings is 1. The SMILES string of the molecule is Cc1[nH]n(-c2ccccn2)c(=O)c1-c1ccc(C(=O)O)cc1. The molecule has 2 heterocycles. The lowest BCUT2D eigenvalue weighted by atomic mass is 10.0. The van der Waals surface area contributed by atoms with Gasteiger partial charge in [0.25, 0.3) is 5.56 Å². The van der Waals surface area contributed by atoms with Crippen LogP contribution in [0.25, 0.3) is 16.9 Å². The van der Waals surface area contributed by atoms with Crippen molar-refractivity contribution in [2.75, 3.05) is 0 Å². The lowest BCUT2D eigenvalue weighted by molar-refractivity contribution is 0.0697. The zero-order valence-electron chi connectivity index (χ0n) is 11.8. The third-order valence-electron chi connectivity index (χ3n) is 3.37. The van der Waals surface area contributed by atoms with Gasteiger partial charge in [-0.05, 0) is 36.8 Å². The number of carbonyl (C=O) groups is 1. The van der Waals surface area contributed by atoms with Crippen LogP contribution in [0.4, 0.5) is 0 Å². The molecule has 0 unspecified atom stereocenters. The van der Waals surface area contributed by atoms with E-state index in [2.05, 4.69) is 10.1 Å².